The lowest BCUT2D eigenvalue weighted by Crippen LogP contribution is -2.48. The molecule has 21 heavy (non-hydrogen) atoms. The van der Waals surface area contributed by atoms with Gasteiger partial charge in [-0.15, -0.1) is 24.8 Å². The van der Waals surface area contributed by atoms with Crippen LogP contribution in [0.4, 0.5) is 4.39 Å². The van der Waals surface area contributed by atoms with Gasteiger partial charge in [0.15, 0.2) is 0 Å². The van der Waals surface area contributed by atoms with Crippen LogP contribution in [0.1, 0.15) is 32.4 Å². The van der Waals surface area contributed by atoms with Crippen LogP contribution in [0, 0.1) is 11.2 Å². The summed E-state index contributed by atoms with van der Waals surface area (Å²) in [5, 5.41) is 4.00. The minimum absolute atomic E-state index is 0. The standard InChI is InChI=1S/C15H22ClFN2.2ClH/c1-15(2,3)14(19-8-6-18-7-9-19)12-10-11(17)4-5-13(12)16;;/h4-5,10,14,18H,6-9H2,1-3H3;2*1H/t14-;;/m0../s1. The third-order valence-corrected chi connectivity index (χ3v) is 3.93. The average Bonchev–Trinajstić information content (AvgIpc) is 2.33. The van der Waals surface area contributed by atoms with E-state index in [4.69, 9.17) is 11.6 Å². The molecule has 0 aliphatic carbocycles. The topological polar surface area (TPSA) is 15.3 Å². The number of hydrogen-bond donors (Lipinski definition) is 1. The second kappa shape index (κ2) is 8.54. The molecule has 1 aliphatic heterocycles. The van der Waals surface area contributed by atoms with Gasteiger partial charge >= 0.3 is 0 Å². The quantitative estimate of drug-likeness (QED) is 0.848. The van der Waals surface area contributed by atoms with Gasteiger partial charge in [0, 0.05) is 37.2 Å². The number of rotatable bonds is 2. The molecule has 0 radical (unpaired) electrons. The van der Waals surface area contributed by atoms with E-state index in [-0.39, 0.29) is 42.1 Å². The zero-order valence-electron chi connectivity index (χ0n) is 12.7. The Morgan fingerprint density at radius 2 is 1.76 bits per heavy atom. The van der Waals surface area contributed by atoms with Gasteiger partial charge in [-0.1, -0.05) is 32.4 Å². The molecule has 0 unspecified atom stereocenters. The fourth-order valence-electron chi connectivity index (χ4n) is 2.88. The van der Waals surface area contributed by atoms with E-state index in [0.29, 0.717) is 5.02 Å². The average molecular weight is 358 g/mol. The number of nitrogens with one attached hydrogen (secondary N) is 1. The molecule has 0 saturated carbocycles. The van der Waals surface area contributed by atoms with E-state index in [1.54, 1.807) is 12.1 Å². The number of benzene rings is 1. The summed E-state index contributed by atoms with van der Waals surface area (Å²) in [5.41, 5.74) is 0.908. The third-order valence-electron chi connectivity index (χ3n) is 3.59. The Bertz CT molecular complexity index is 443. The summed E-state index contributed by atoms with van der Waals surface area (Å²) in [6, 6.07) is 4.80. The first-order valence-electron chi connectivity index (χ1n) is 6.79. The minimum atomic E-state index is -0.219. The van der Waals surface area contributed by atoms with Gasteiger partial charge in [-0.25, -0.2) is 4.39 Å². The molecule has 1 aliphatic rings. The largest absolute Gasteiger partial charge is 0.314 e. The van der Waals surface area contributed by atoms with Gasteiger partial charge in [0.25, 0.3) is 0 Å². The highest BCUT2D eigenvalue weighted by Crippen LogP contribution is 2.41. The normalized spacial score (nSPS) is 17.6. The first-order chi connectivity index (χ1) is 8.89. The Labute approximate surface area is 144 Å². The monoisotopic (exact) mass is 356 g/mol. The van der Waals surface area contributed by atoms with E-state index in [1.807, 2.05) is 0 Å². The zero-order valence-corrected chi connectivity index (χ0v) is 15.0. The van der Waals surface area contributed by atoms with Crippen LogP contribution in [0.3, 0.4) is 0 Å². The first-order valence-corrected chi connectivity index (χ1v) is 7.17. The summed E-state index contributed by atoms with van der Waals surface area (Å²) < 4.78 is 13.6. The molecule has 1 aromatic carbocycles. The van der Waals surface area contributed by atoms with Crippen molar-refractivity contribution in [2.24, 2.45) is 5.41 Å². The fraction of sp³-hybridized carbons (Fsp3) is 0.600. The summed E-state index contributed by atoms with van der Waals surface area (Å²) in [5.74, 6) is -0.219. The highest BCUT2D eigenvalue weighted by molar-refractivity contribution is 6.31. The van der Waals surface area contributed by atoms with Crippen molar-refractivity contribution in [2.45, 2.75) is 26.8 Å². The molecular weight excluding hydrogens is 334 g/mol. The minimum Gasteiger partial charge on any atom is -0.314 e. The van der Waals surface area contributed by atoms with Crippen molar-refractivity contribution in [3.8, 4) is 0 Å². The Morgan fingerprint density at radius 3 is 2.29 bits per heavy atom. The second-order valence-electron chi connectivity index (χ2n) is 6.22. The molecule has 1 N–H and O–H groups in total. The lowest BCUT2D eigenvalue weighted by atomic mass is 9.81. The van der Waals surface area contributed by atoms with E-state index in [0.717, 1.165) is 31.7 Å². The van der Waals surface area contributed by atoms with E-state index in [2.05, 4.69) is 31.0 Å². The molecule has 1 atom stereocenters. The maximum atomic E-state index is 13.6. The van der Waals surface area contributed by atoms with E-state index >= 15 is 0 Å². The van der Waals surface area contributed by atoms with Gasteiger partial charge in [0.1, 0.15) is 5.82 Å². The van der Waals surface area contributed by atoms with Crippen molar-refractivity contribution < 1.29 is 4.39 Å². The summed E-state index contributed by atoms with van der Waals surface area (Å²) in [6.07, 6.45) is 0. The molecule has 2 rings (SSSR count). The van der Waals surface area contributed by atoms with Crippen LogP contribution >= 0.6 is 36.4 Å². The molecule has 0 spiro atoms. The summed E-state index contributed by atoms with van der Waals surface area (Å²) >= 11 is 6.31. The van der Waals surface area contributed by atoms with Gasteiger partial charge in [-0.2, -0.15) is 0 Å². The molecular formula is C15H24Cl3FN2. The molecule has 122 valence electrons. The fourth-order valence-corrected chi connectivity index (χ4v) is 3.10. The summed E-state index contributed by atoms with van der Waals surface area (Å²) in [4.78, 5) is 2.40. The molecule has 6 heteroatoms. The molecule has 0 bridgehead atoms. The van der Waals surface area contributed by atoms with Crippen LogP contribution in [0.15, 0.2) is 18.2 Å². The second-order valence-corrected chi connectivity index (χ2v) is 6.63. The van der Waals surface area contributed by atoms with Crippen molar-refractivity contribution in [3.05, 3.63) is 34.6 Å². The van der Waals surface area contributed by atoms with Crippen LogP contribution in [0.5, 0.6) is 0 Å². The van der Waals surface area contributed by atoms with Crippen LogP contribution in [-0.4, -0.2) is 31.1 Å². The van der Waals surface area contributed by atoms with E-state index in [1.165, 1.54) is 6.07 Å². The maximum absolute atomic E-state index is 13.6. The number of nitrogens with zero attached hydrogens (tertiary/aromatic N) is 1. The van der Waals surface area contributed by atoms with Crippen LogP contribution < -0.4 is 5.32 Å². The third kappa shape index (κ3) is 5.26. The highest BCUT2D eigenvalue weighted by Gasteiger charge is 2.33. The first kappa shape index (κ1) is 20.9. The summed E-state index contributed by atoms with van der Waals surface area (Å²) in [7, 11) is 0. The smallest absolute Gasteiger partial charge is 0.123 e. The van der Waals surface area contributed by atoms with Crippen molar-refractivity contribution in [1.29, 1.82) is 0 Å². The van der Waals surface area contributed by atoms with Crippen molar-refractivity contribution in [2.75, 3.05) is 26.2 Å². The Kier molecular flexibility index (Phi) is 8.52. The lowest BCUT2D eigenvalue weighted by Gasteiger charge is -2.43. The van der Waals surface area contributed by atoms with E-state index in [9.17, 15) is 4.39 Å². The number of hydrogen-bond acceptors (Lipinski definition) is 2. The predicted molar refractivity (Wildman–Crippen MR) is 92.5 cm³/mol. The van der Waals surface area contributed by atoms with Crippen molar-refractivity contribution in [3.63, 3.8) is 0 Å². The van der Waals surface area contributed by atoms with Crippen LogP contribution in [0.2, 0.25) is 5.02 Å². The number of halogens is 4. The molecule has 0 aromatic heterocycles. The molecule has 2 nitrogen and oxygen atoms in total. The zero-order chi connectivity index (χ0) is 14.0. The Hall–Kier alpha value is -0.0600. The van der Waals surface area contributed by atoms with Crippen molar-refractivity contribution >= 4 is 36.4 Å². The molecule has 1 aromatic rings. The highest BCUT2D eigenvalue weighted by atomic mass is 35.5. The Balaban J connectivity index is 0.00000200. The SMILES string of the molecule is CC(C)(C)[C@H](c1cc(F)ccc1Cl)N1CCNCC1.Cl.Cl. The molecule has 1 heterocycles. The van der Waals surface area contributed by atoms with Crippen molar-refractivity contribution in [1.82, 2.24) is 10.2 Å². The summed E-state index contributed by atoms with van der Waals surface area (Å²) in [6.45, 7) is 10.4. The lowest BCUT2D eigenvalue weighted by molar-refractivity contribution is 0.0861. The van der Waals surface area contributed by atoms with Crippen LogP contribution in [-0.2, 0) is 0 Å². The van der Waals surface area contributed by atoms with Gasteiger partial charge in [-0.05, 0) is 29.2 Å². The van der Waals surface area contributed by atoms with Crippen LogP contribution in [0.25, 0.3) is 0 Å². The molecule has 1 saturated heterocycles. The predicted octanol–water partition coefficient (Wildman–Crippen LogP) is 4.32. The molecule has 0 amide bonds. The Morgan fingerprint density at radius 1 is 1.19 bits per heavy atom. The van der Waals surface area contributed by atoms with Gasteiger partial charge in [0.05, 0.1) is 0 Å². The molecule has 1 fully saturated rings. The van der Waals surface area contributed by atoms with E-state index < -0.39 is 0 Å². The van der Waals surface area contributed by atoms with Gasteiger partial charge < -0.3 is 5.32 Å². The number of piperazine rings is 1. The maximum Gasteiger partial charge on any atom is 0.123 e. The van der Waals surface area contributed by atoms with Gasteiger partial charge in [0.2, 0.25) is 0 Å². The van der Waals surface area contributed by atoms with Gasteiger partial charge in [-0.3, -0.25) is 4.90 Å².